The van der Waals surface area contributed by atoms with Crippen molar-refractivity contribution in [2.75, 3.05) is 5.75 Å². The van der Waals surface area contributed by atoms with E-state index in [0.717, 1.165) is 22.4 Å². The number of hydrogen-bond donors (Lipinski definition) is 3. The Kier molecular flexibility index (Phi) is 6.13. The van der Waals surface area contributed by atoms with E-state index in [0.29, 0.717) is 0 Å². The van der Waals surface area contributed by atoms with Crippen LogP contribution in [0.15, 0.2) is 54.6 Å². The van der Waals surface area contributed by atoms with E-state index in [1.165, 1.54) is 11.8 Å². The number of nitrogens with one attached hydrogen (secondary N) is 2. The second-order valence-electron chi connectivity index (χ2n) is 6.24. The monoisotopic (exact) mass is 383 g/mol. The number of thioether (sulfide) groups is 1. The van der Waals surface area contributed by atoms with Crippen molar-refractivity contribution in [3.05, 3.63) is 66.0 Å². The number of H-pyrrole nitrogens is 1. The van der Waals surface area contributed by atoms with Crippen molar-refractivity contribution in [2.24, 2.45) is 0 Å². The van der Waals surface area contributed by atoms with Crippen LogP contribution in [0.3, 0.4) is 0 Å². The third kappa shape index (κ3) is 5.10. The largest absolute Gasteiger partial charge is 0.480 e. The Balaban J connectivity index is 1.55. The number of benzene rings is 2. The summed E-state index contributed by atoms with van der Waals surface area (Å²) in [6.07, 6.45) is 0.256. The molecule has 1 amide bonds. The maximum atomic E-state index is 12.2. The van der Waals surface area contributed by atoms with Crippen LogP contribution in [0.1, 0.15) is 23.6 Å². The Hall–Kier alpha value is -2.80. The van der Waals surface area contributed by atoms with Crippen LogP contribution in [0.5, 0.6) is 0 Å². The minimum Gasteiger partial charge on any atom is -0.480 e. The van der Waals surface area contributed by atoms with E-state index in [1.807, 2.05) is 61.5 Å². The van der Waals surface area contributed by atoms with Crippen molar-refractivity contribution in [1.29, 1.82) is 0 Å². The SMILES string of the molecule is CC(SCC(=O)N[C@@H](Cc1ccccc1)C(=O)O)c1nc2ccccc2[nH]1. The molecule has 1 heterocycles. The van der Waals surface area contributed by atoms with Crippen LogP contribution in [0, 0.1) is 0 Å². The maximum Gasteiger partial charge on any atom is 0.326 e. The molecule has 1 unspecified atom stereocenters. The third-order valence-electron chi connectivity index (χ3n) is 4.17. The van der Waals surface area contributed by atoms with Crippen LogP contribution in [-0.4, -0.2) is 38.7 Å². The summed E-state index contributed by atoms with van der Waals surface area (Å²) < 4.78 is 0. The summed E-state index contributed by atoms with van der Waals surface area (Å²) in [5.74, 6) is -0.376. The first kappa shape index (κ1) is 19.0. The molecule has 0 saturated heterocycles. The van der Waals surface area contributed by atoms with E-state index in [1.54, 1.807) is 0 Å². The molecule has 6 nitrogen and oxygen atoms in total. The molecule has 3 aromatic rings. The Morgan fingerprint density at radius 2 is 1.85 bits per heavy atom. The van der Waals surface area contributed by atoms with Gasteiger partial charge in [0, 0.05) is 6.42 Å². The van der Waals surface area contributed by atoms with Gasteiger partial charge in [-0.05, 0) is 24.6 Å². The van der Waals surface area contributed by atoms with E-state index in [-0.39, 0.29) is 23.3 Å². The minimum absolute atomic E-state index is 0.0134. The number of carboxylic acids is 1. The van der Waals surface area contributed by atoms with E-state index in [4.69, 9.17) is 0 Å². The van der Waals surface area contributed by atoms with Gasteiger partial charge < -0.3 is 15.4 Å². The smallest absolute Gasteiger partial charge is 0.326 e. The summed E-state index contributed by atoms with van der Waals surface area (Å²) in [4.78, 5) is 31.5. The molecule has 2 atom stereocenters. The van der Waals surface area contributed by atoms with Gasteiger partial charge in [0.2, 0.25) is 5.91 Å². The first-order valence-corrected chi connectivity index (χ1v) is 9.70. The van der Waals surface area contributed by atoms with Gasteiger partial charge in [-0.15, -0.1) is 11.8 Å². The molecule has 0 fully saturated rings. The fourth-order valence-electron chi connectivity index (χ4n) is 2.73. The van der Waals surface area contributed by atoms with E-state index < -0.39 is 12.0 Å². The lowest BCUT2D eigenvalue weighted by molar-refractivity contribution is -0.141. The van der Waals surface area contributed by atoms with Crippen LogP contribution in [-0.2, 0) is 16.0 Å². The molecule has 3 N–H and O–H groups in total. The van der Waals surface area contributed by atoms with Crippen molar-refractivity contribution in [3.63, 3.8) is 0 Å². The summed E-state index contributed by atoms with van der Waals surface area (Å²) >= 11 is 1.41. The number of para-hydroxylation sites is 2. The van der Waals surface area contributed by atoms with Gasteiger partial charge in [-0.25, -0.2) is 9.78 Å². The number of hydrogen-bond acceptors (Lipinski definition) is 4. The van der Waals surface area contributed by atoms with Crippen LogP contribution in [0.2, 0.25) is 0 Å². The third-order valence-corrected chi connectivity index (χ3v) is 5.33. The molecule has 140 valence electrons. The van der Waals surface area contributed by atoms with Gasteiger partial charge in [-0.1, -0.05) is 42.5 Å². The number of carboxylic acid groups (broad SMARTS) is 1. The zero-order valence-electron chi connectivity index (χ0n) is 14.9. The van der Waals surface area contributed by atoms with E-state index >= 15 is 0 Å². The van der Waals surface area contributed by atoms with Gasteiger partial charge in [-0.2, -0.15) is 0 Å². The van der Waals surface area contributed by atoms with Gasteiger partial charge in [-0.3, -0.25) is 4.79 Å². The first-order valence-electron chi connectivity index (χ1n) is 8.65. The number of imidazole rings is 1. The number of amides is 1. The second-order valence-corrected chi connectivity index (χ2v) is 7.57. The summed E-state index contributed by atoms with van der Waals surface area (Å²) in [5.41, 5.74) is 2.71. The van der Waals surface area contributed by atoms with Gasteiger partial charge in [0.05, 0.1) is 22.0 Å². The number of carbonyl (C=O) groups excluding carboxylic acids is 1. The molecule has 0 spiro atoms. The van der Waals surface area contributed by atoms with E-state index in [2.05, 4.69) is 15.3 Å². The van der Waals surface area contributed by atoms with Crippen LogP contribution in [0.25, 0.3) is 11.0 Å². The molecule has 2 aromatic carbocycles. The molecular formula is C20H21N3O3S. The molecule has 0 aliphatic heterocycles. The predicted molar refractivity (Wildman–Crippen MR) is 107 cm³/mol. The highest BCUT2D eigenvalue weighted by Crippen LogP contribution is 2.27. The maximum absolute atomic E-state index is 12.2. The lowest BCUT2D eigenvalue weighted by atomic mass is 10.1. The zero-order chi connectivity index (χ0) is 19.2. The minimum atomic E-state index is -1.04. The normalized spacial score (nSPS) is 13.2. The van der Waals surface area contributed by atoms with Gasteiger partial charge in [0.15, 0.2) is 0 Å². The zero-order valence-corrected chi connectivity index (χ0v) is 15.7. The molecule has 3 rings (SSSR count). The summed E-state index contributed by atoms with van der Waals surface area (Å²) in [7, 11) is 0. The highest BCUT2D eigenvalue weighted by Gasteiger charge is 2.21. The fraction of sp³-hybridized carbons (Fsp3) is 0.250. The second kappa shape index (κ2) is 8.73. The number of rotatable bonds is 8. The van der Waals surface area contributed by atoms with Crippen LogP contribution < -0.4 is 5.32 Å². The van der Waals surface area contributed by atoms with E-state index in [9.17, 15) is 14.7 Å². The Morgan fingerprint density at radius 1 is 1.15 bits per heavy atom. The molecule has 27 heavy (non-hydrogen) atoms. The lowest BCUT2D eigenvalue weighted by Gasteiger charge is -2.15. The first-order chi connectivity index (χ1) is 13.0. The van der Waals surface area contributed by atoms with Crippen molar-refractivity contribution >= 4 is 34.7 Å². The highest BCUT2D eigenvalue weighted by atomic mass is 32.2. The molecule has 0 saturated carbocycles. The number of aliphatic carboxylic acids is 1. The van der Waals surface area contributed by atoms with Crippen molar-refractivity contribution in [3.8, 4) is 0 Å². The molecule has 7 heteroatoms. The average molecular weight is 383 g/mol. The molecule has 0 radical (unpaired) electrons. The van der Waals surface area contributed by atoms with Gasteiger partial charge in [0.1, 0.15) is 11.9 Å². The van der Waals surface area contributed by atoms with Crippen molar-refractivity contribution < 1.29 is 14.7 Å². The lowest BCUT2D eigenvalue weighted by Crippen LogP contribution is -2.43. The molecule has 1 aromatic heterocycles. The molecule has 0 bridgehead atoms. The summed E-state index contributed by atoms with van der Waals surface area (Å²) in [6.45, 7) is 1.97. The van der Waals surface area contributed by atoms with Crippen molar-refractivity contribution in [1.82, 2.24) is 15.3 Å². The quantitative estimate of drug-likeness (QED) is 0.555. The van der Waals surface area contributed by atoms with Crippen LogP contribution in [0.4, 0.5) is 0 Å². The predicted octanol–water partition coefficient (Wildman–Crippen LogP) is 3.17. The van der Waals surface area contributed by atoms with Gasteiger partial charge >= 0.3 is 5.97 Å². The standard InChI is InChI=1S/C20H21N3O3S/c1-13(19-22-15-9-5-6-10-16(15)23-19)27-12-18(24)21-17(20(25)26)11-14-7-3-2-4-8-14/h2-10,13,17H,11-12H2,1H3,(H,21,24)(H,22,23)(H,25,26)/t13?,17-/m0/s1. The topological polar surface area (TPSA) is 95.1 Å². The summed E-state index contributed by atoms with van der Waals surface area (Å²) in [6, 6.07) is 16.1. The number of aromatic amines is 1. The molecule has 0 aliphatic rings. The fourth-order valence-corrected chi connectivity index (χ4v) is 3.48. The Bertz CT molecular complexity index is 893. The number of aromatic nitrogens is 2. The van der Waals surface area contributed by atoms with Crippen molar-refractivity contribution in [2.45, 2.75) is 24.6 Å². The van der Waals surface area contributed by atoms with Gasteiger partial charge in [0.25, 0.3) is 0 Å². The molecule has 0 aliphatic carbocycles. The van der Waals surface area contributed by atoms with Crippen LogP contribution >= 0.6 is 11.8 Å². The Labute approximate surface area is 161 Å². The number of carbonyl (C=O) groups is 2. The number of nitrogens with zero attached hydrogens (tertiary/aromatic N) is 1. The Morgan fingerprint density at radius 3 is 2.56 bits per heavy atom. The summed E-state index contributed by atoms with van der Waals surface area (Å²) in [5, 5.41) is 12.0. The average Bonchev–Trinajstić information content (AvgIpc) is 3.10. The molecular weight excluding hydrogens is 362 g/mol. The highest BCUT2D eigenvalue weighted by molar-refractivity contribution is 8.00. The number of fused-ring (bicyclic) bond motifs is 1.